The molecule has 0 fully saturated rings. The normalized spacial score (nSPS) is 10.6. The Balaban J connectivity index is 2.64. The van der Waals surface area contributed by atoms with Gasteiger partial charge in [0.05, 0.1) is 25.0 Å². The van der Waals surface area contributed by atoms with Crippen LogP contribution in [-0.4, -0.2) is 50.2 Å². The van der Waals surface area contributed by atoms with Crippen molar-refractivity contribution in [2.75, 3.05) is 45.3 Å². The summed E-state index contributed by atoms with van der Waals surface area (Å²) in [6.07, 6.45) is 1.71. The van der Waals surface area contributed by atoms with Crippen LogP contribution in [0.2, 0.25) is 0 Å². The van der Waals surface area contributed by atoms with E-state index in [0.29, 0.717) is 13.2 Å². The summed E-state index contributed by atoms with van der Waals surface area (Å²) in [5.41, 5.74) is 0.742. The molecular weight excluding hydrogens is 232 g/mol. The minimum Gasteiger partial charge on any atom is -0.383 e. The lowest BCUT2D eigenvalue weighted by Crippen LogP contribution is -2.30. The lowest BCUT2D eigenvalue weighted by Gasteiger charge is -2.18. The largest absolute Gasteiger partial charge is 0.383 e. The quantitative estimate of drug-likeness (QED) is 0.658. The molecule has 0 saturated heterocycles. The maximum Gasteiger partial charge on any atom is 0.268 e. The van der Waals surface area contributed by atoms with Crippen LogP contribution in [0.1, 0.15) is 6.92 Å². The molecule has 0 aliphatic carbocycles. The van der Waals surface area contributed by atoms with Crippen LogP contribution in [0.5, 0.6) is 0 Å². The molecule has 1 aromatic heterocycles. The first-order valence-corrected chi connectivity index (χ1v) is 6.17. The smallest absolute Gasteiger partial charge is 0.268 e. The predicted molar refractivity (Wildman–Crippen MR) is 72.2 cm³/mol. The molecule has 1 aromatic rings. The second kappa shape index (κ2) is 7.84. The highest BCUT2D eigenvalue weighted by atomic mass is 16.5. The number of aromatic nitrogens is 2. The van der Waals surface area contributed by atoms with E-state index in [1.807, 2.05) is 18.9 Å². The molecule has 0 unspecified atom stereocenters. The fourth-order valence-electron chi connectivity index (χ4n) is 1.52. The number of hydrogen-bond acceptors (Lipinski definition) is 5. The van der Waals surface area contributed by atoms with Gasteiger partial charge in [0, 0.05) is 33.3 Å². The van der Waals surface area contributed by atoms with Crippen molar-refractivity contribution in [3.8, 4) is 0 Å². The average Bonchev–Trinajstić information content (AvgIpc) is 2.38. The van der Waals surface area contributed by atoms with Gasteiger partial charge in [0.25, 0.3) is 5.56 Å². The van der Waals surface area contributed by atoms with Gasteiger partial charge in [-0.3, -0.25) is 4.79 Å². The van der Waals surface area contributed by atoms with Gasteiger partial charge in [0.15, 0.2) is 0 Å². The Morgan fingerprint density at radius 2 is 2.33 bits per heavy atom. The van der Waals surface area contributed by atoms with Gasteiger partial charge in [-0.25, -0.2) is 4.68 Å². The highest BCUT2D eigenvalue weighted by Gasteiger charge is 2.04. The maximum absolute atomic E-state index is 11.8. The first kappa shape index (κ1) is 14.7. The monoisotopic (exact) mass is 254 g/mol. The average molecular weight is 254 g/mol. The van der Waals surface area contributed by atoms with E-state index in [0.717, 1.165) is 25.3 Å². The van der Waals surface area contributed by atoms with Gasteiger partial charge in [-0.15, -0.1) is 0 Å². The van der Waals surface area contributed by atoms with Crippen LogP contribution in [0, 0.1) is 0 Å². The first-order valence-electron chi connectivity index (χ1n) is 6.17. The fourth-order valence-corrected chi connectivity index (χ4v) is 1.52. The van der Waals surface area contributed by atoms with E-state index in [4.69, 9.17) is 4.74 Å². The molecule has 6 nitrogen and oxygen atoms in total. The highest BCUT2D eigenvalue weighted by molar-refractivity contribution is 5.41. The number of hydrogen-bond donors (Lipinski definition) is 1. The first-order chi connectivity index (χ1) is 8.69. The Morgan fingerprint density at radius 1 is 1.56 bits per heavy atom. The minimum atomic E-state index is -0.0744. The molecule has 18 heavy (non-hydrogen) atoms. The van der Waals surface area contributed by atoms with Crippen LogP contribution in [0.4, 0.5) is 5.69 Å². The molecule has 0 spiro atoms. The maximum atomic E-state index is 11.8. The molecule has 1 heterocycles. The van der Waals surface area contributed by atoms with Crippen molar-refractivity contribution in [3.63, 3.8) is 0 Å². The Bertz CT molecular complexity index is 405. The molecule has 0 amide bonds. The van der Waals surface area contributed by atoms with Crippen LogP contribution in [0.3, 0.4) is 0 Å². The second-order valence-electron chi connectivity index (χ2n) is 4.04. The molecule has 0 radical (unpaired) electrons. The zero-order chi connectivity index (χ0) is 13.4. The van der Waals surface area contributed by atoms with E-state index in [1.54, 1.807) is 19.4 Å². The number of rotatable bonds is 8. The summed E-state index contributed by atoms with van der Waals surface area (Å²) in [7, 11) is 3.57. The third-order valence-corrected chi connectivity index (χ3v) is 2.68. The topological polar surface area (TPSA) is 59.4 Å². The molecule has 1 rings (SSSR count). The van der Waals surface area contributed by atoms with E-state index in [1.165, 1.54) is 4.68 Å². The van der Waals surface area contributed by atoms with Crippen molar-refractivity contribution in [1.82, 2.24) is 15.1 Å². The zero-order valence-corrected chi connectivity index (χ0v) is 11.3. The van der Waals surface area contributed by atoms with E-state index < -0.39 is 0 Å². The third kappa shape index (κ3) is 4.46. The van der Waals surface area contributed by atoms with Crippen molar-refractivity contribution in [2.24, 2.45) is 0 Å². The van der Waals surface area contributed by atoms with E-state index in [2.05, 4.69) is 10.4 Å². The molecule has 0 saturated carbocycles. The SMILES string of the molecule is CCNCCn1ncc(N(C)CCOC)cc1=O. The molecular formula is C12H22N4O2. The molecule has 0 aromatic carbocycles. The lowest BCUT2D eigenvalue weighted by molar-refractivity contribution is 0.206. The zero-order valence-electron chi connectivity index (χ0n) is 11.3. The van der Waals surface area contributed by atoms with Gasteiger partial charge in [0.2, 0.25) is 0 Å². The summed E-state index contributed by atoms with van der Waals surface area (Å²) in [6, 6.07) is 1.61. The van der Waals surface area contributed by atoms with Crippen LogP contribution in [0.25, 0.3) is 0 Å². The summed E-state index contributed by atoms with van der Waals surface area (Å²) in [5.74, 6) is 0. The number of nitrogens with one attached hydrogen (secondary N) is 1. The van der Waals surface area contributed by atoms with E-state index in [9.17, 15) is 4.79 Å². The van der Waals surface area contributed by atoms with Crippen molar-refractivity contribution >= 4 is 5.69 Å². The van der Waals surface area contributed by atoms with Gasteiger partial charge in [-0.05, 0) is 6.54 Å². The minimum absolute atomic E-state index is 0.0744. The van der Waals surface area contributed by atoms with Crippen molar-refractivity contribution in [3.05, 3.63) is 22.6 Å². The van der Waals surface area contributed by atoms with Gasteiger partial charge in [-0.2, -0.15) is 5.10 Å². The Hall–Kier alpha value is -1.40. The predicted octanol–water partition coefficient (Wildman–Crippen LogP) is -0.0646. The molecule has 0 aliphatic rings. The number of likely N-dealkylation sites (N-methyl/N-ethyl adjacent to an activating group) is 2. The van der Waals surface area contributed by atoms with Crippen molar-refractivity contribution in [1.29, 1.82) is 0 Å². The van der Waals surface area contributed by atoms with Crippen molar-refractivity contribution in [2.45, 2.75) is 13.5 Å². The summed E-state index contributed by atoms with van der Waals surface area (Å²) in [5, 5.41) is 7.32. The van der Waals surface area contributed by atoms with Gasteiger partial charge < -0.3 is 15.0 Å². The van der Waals surface area contributed by atoms with Gasteiger partial charge in [-0.1, -0.05) is 6.92 Å². The fraction of sp³-hybridized carbons (Fsp3) is 0.667. The summed E-state index contributed by atoms with van der Waals surface area (Å²) >= 11 is 0. The molecule has 6 heteroatoms. The van der Waals surface area contributed by atoms with Gasteiger partial charge >= 0.3 is 0 Å². The number of anilines is 1. The Morgan fingerprint density at radius 3 is 2.94 bits per heavy atom. The standard InChI is InChI=1S/C12H22N4O2/c1-4-13-5-6-16-12(17)9-11(10-14-16)15(2)7-8-18-3/h9-10,13H,4-8H2,1-3H3. The van der Waals surface area contributed by atoms with Crippen LogP contribution in [0.15, 0.2) is 17.1 Å². The third-order valence-electron chi connectivity index (χ3n) is 2.68. The van der Waals surface area contributed by atoms with E-state index in [-0.39, 0.29) is 5.56 Å². The molecule has 0 bridgehead atoms. The van der Waals surface area contributed by atoms with Crippen molar-refractivity contribution < 1.29 is 4.74 Å². The molecule has 0 aliphatic heterocycles. The second-order valence-corrected chi connectivity index (χ2v) is 4.04. The summed E-state index contributed by atoms with van der Waals surface area (Å²) < 4.78 is 6.47. The van der Waals surface area contributed by atoms with Gasteiger partial charge in [0.1, 0.15) is 0 Å². The lowest BCUT2D eigenvalue weighted by atomic mass is 10.4. The van der Waals surface area contributed by atoms with E-state index >= 15 is 0 Å². The molecule has 0 atom stereocenters. The molecule has 102 valence electrons. The number of methoxy groups -OCH3 is 1. The van der Waals surface area contributed by atoms with Crippen LogP contribution < -0.4 is 15.8 Å². The van der Waals surface area contributed by atoms with Crippen LogP contribution >= 0.6 is 0 Å². The Labute approximate surface area is 108 Å². The summed E-state index contributed by atoms with van der Waals surface area (Å²) in [4.78, 5) is 13.8. The highest BCUT2D eigenvalue weighted by Crippen LogP contribution is 2.05. The Kier molecular flexibility index (Phi) is 6.38. The molecule has 1 N–H and O–H groups in total. The number of nitrogens with zero attached hydrogens (tertiary/aromatic N) is 3. The van der Waals surface area contributed by atoms with Crippen LogP contribution in [-0.2, 0) is 11.3 Å². The number of ether oxygens (including phenoxy) is 1. The summed E-state index contributed by atoms with van der Waals surface area (Å²) in [6.45, 7) is 5.63.